The van der Waals surface area contributed by atoms with Crippen molar-refractivity contribution in [2.24, 2.45) is 0 Å². The minimum Gasteiger partial charge on any atom is -0.465 e. The van der Waals surface area contributed by atoms with Crippen LogP contribution < -0.4 is 0 Å². The maximum Gasteiger partial charge on any atom is 0.326 e. The minimum atomic E-state index is -0.661. The molecule has 0 spiro atoms. The third kappa shape index (κ3) is 3.96. The molecule has 0 unspecified atom stereocenters. The number of carbonyl (C=O) groups is 3. The van der Waals surface area contributed by atoms with Gasteiger partial charge in [-0.3, -0.25) is 29.4 Å². The van der Waals surface area contributed by atoms with Crippen LogP contribution in [0.4, 0.5) is 10.5 Å². The zero-order valence-electron chi connectivity index (χ0n) is 14.7. The average molecular weight is 401 g/mol. The number of rotatable bonds is 6. The van der Waals surface area contributed by atoms with Gasteiger partial charge in [-0.25, -0.2) is 0 Å². The van der Waals surface area contributed by atoms with Gasteiger partial charge >= 0.3 is 5.97 Å². The lowest BCUT2D eigenvalue weighted by atomic mass is 10.2. The van der Waals surface area contributed by atoms with E-state index >= 15 is 0 Å². The van der Waals surface area contributed by atoms with Crippen molar-refractivity contribution in [1.29, 1.82) is 0 Å². The first-order valence-electron chi connectivity index (χ1n) is 8.24. The molecular formula is C18H15N3O6S. The summed E-state index contributed by atoms with van der Waals surface area (Å²) in [5.41, 5.74) is 1.03. The third-order valence-corrected chi connectivity index (χ3v) is 4.75. The van der Waals surface area contributed by atoms with Gasteiger partial charge < -0.3 is 9.30 Å². The first-order chi connectivity index (χ1) is 13.4. The van der Waals surface area contributed by atoms with Crippen molar-refractivity contribution in [3.63, 3.8) is 0 Å². The number of imide groups is 1. The van der Waals surface area contributed by atoms with Crippen LogP contribution in [0.15, 0.2) is 47.5 Å². The molecule has 0 bridgehead atoms. The number of hydrogen-bond donors (Lipinski definition) is 0. The van der Waals surface area contributed by atoms with Crippen LogP contribution >= 0.6 is 11.8 Å². The molecule has 2 heterocycles. The summed E-state index contributed by atoms with van der Waals surface area (Å²) in [5.74, 6) is -1.25. The highest BCUT2D eigenvalue weighted by atomic mass is 32.2. The summed E-state index contributed by atoms with van der Waals surface area (Å²) < 4.78 is 6.44. The van der Waals surface area contributed by atoms with E-state index in [0.29, 0.717) is 11.4 Å². The van der Waals surface area contributed by atoms with Crippen molar-refractivity contribution in [2.45, 2.75) is 6.92 Å². The van der Waals surface area contributed by atoms with E-state index in [1.807, 2.05) is 0 Å². The molecule has 1 aliphatic heterocycles. The van der Waals surface area contributed by atoms with E-state index in [1.165, 1.54) is 18.2 Å². The Morgan fingerprint density at radius 2 is 2.07 bits per heavy atom. The van der Waals surface area contributed by atoms with E-state index in [0.717, 1.165) is 16.7 Å². The molecule has 9 nitrogen and oxygen atoms in total. The fourth-order valence-electron chi connectivity index (χ4n) is 2.61. The molecule has 2 amide bonds. The van der Waals surface area contributed by atoms with Gasteiger partial charge in [0.25, 0.3) is 16.8 Å². The number of hydrogen-bond acceptors (Lipinski definition) is 7. The van der Waals surface area contributed by atoms with Gasteiger partial charge in [0.15, 0.2) is 0 Å². The monoisotopic (exact) mass is 401 g/mol. The summed E-state index contributed by atoms with van der Waals surface area (Å²) in [4.78, 5) is 47.6. The van der Waals surface area contributed by atoms with Crippen LogP contribution in [0.1, 0.15) is 12.6 Å². The van der Waals surface area contributed by atoms with Crippen molar-refractivity contribution in [1.82, 2.24) is 9.47 Å². The van der Waals surface area contributed by atoms with Crippen LogP contribution in [0.3, 0.4) is 0 Å². The standard InChI is InChI=1S/C18H15N3O6S/c1-2-27-16(22)11-20-17(23)15(28-18(20)24)10-13-7-4-8-19(13)12-5-3-6-14(9-12)21(25)26/h3-10H,2,11H2,1H3/b15-10+. The second kappa shape index (κ2) is 8.09. The maximum absolute atomic E-state index is 12.5. The maximum atomic E-state index is 12.5. The summed E-state index contributed by atoms with van der Waals surface area (Å²) in [6.07, 6.45) is 3.20. The Bertz CT molecular complexity index is 997. The number of nitro benzene ring substituents is 1. The highest BCUT2D eigenvalue weighted by Gasteiger charge is 2.36. The molecule has 144 valence electrons. The van der Waals surface area contributed by atoms with Gasteiger partial charge in [0.05, 0.1) is 22.1 Å². The van der Waals surface area contributed by atoms with E-state index in [1.54, 1.807) is 42.0 Å². The molecule has 1 fully saturated rings. The lowest BCUT2D eigenvalue weighted by Crippen LogP contribution is -2.34. The summed E-state index contributed by atoms with van der Waals surface area (Å²) >= 11 is 0.721. The largest absolute Gasteiger partial charge is 0.465 e. The van der Waals surface area contributed by atoms with Gasteiger partial charge in [-0.1, -0.05) is 6.07 Å². The van der Waals surface area contributed by atoms with E-state index in [-0.39, 0.29) is 17.2 Å². The second-order valence-corrected chi connectivity index (χ2v) is 6.65. The Balaban J connectivity index is 1.88. The smallest absolute Gasteiger partial charge is 0.326 e. The molecule has 1 aromatic heterocycles. The van der Waals surface area contributed by atoms with Gasteiger partial charge in [0, 0.05) is 24.0 Å². The van der Waals surface area contributed by atoms with E-state index in [9.17, 15) is 24.5 Å². The van der Waals surface area contributed by atoms with Crippen LogP contribution in [0, 0.1) is 10.1 Å². The molecule has 2 aromatic rings. The number of benzene rings is 1. The molecule has 28 heavy (non-hydrogen) atoms. The highest BCUT2D eigenvalue weighted by Crippen LogP contribution is 2.32. The first kappa shape index (κ1) is 19.4. The Hall–Kier alpha value is -3.40. The fourth-order valence-corrected chi connectivity index (χ4v) is 3.43. The fraction of sp³-hybridized carbons (Fsp3) is 0.167. The molecule has 0 saturated carbocycles. The van der Waals surface area contributed by atoms with Crippen molar-refractivity contribution in [3.05, 3.63) is 63.3 Å². The number of aromatic nitrogens is 1. The summed E-state index contributed by atoms with van der Waals surface area (Å²) in [6.45, 7) is 1.34. The summed E-state index contributed by atoms with van der Waals surface area (Å²) in [6, 6.07) is 9.46. The molecule has 1 saturated heterocycles. The van der Waals surface area contributed by atoms with Crippen molar-refractivity contribution < 1.29 is 24.0 Å². The zero-order valence-corrected chi connectivity index (χ0v) is 15.5. The summed E-state index contributed by atoms with van der Waals surface area (Å²) in [5, 5.41) is 10.4. The SMILES string of the molecule is CCOC(=O)CN1C(=O)S/C(=C/c2cccn2-c2cccc([N+](=O)[O-])c2)C1=O. The van der Waals surface area contributed by atoms with Gasteiger partial charge in [-0.15, -0.1) is 0 Å². The Kier molecular flexibility index (Phi) is 5.59. The van der Waals surface area contributed by atoms with Gasteiger partial charge in [0.1, 0.15) is 6.54 Å². The Morgan fingerprint density at radius 1 is 1.29 bits per heavy atom. The molecule has 0 atom stereocenters. The van der Waals surface area contributed by atoms with Gasteiger partial charge in [0.2, 0.25) is 0 Å². The minimum absolute atomic E-state index is 0.0630. The molecule has 1 aliphatic rings. The number of esters is 1. The van der Waals surface area contributed by atoms with E-state index in [2.05, 4.69) is 0 Å². The number of non-ortho nitro benzene ring substituents is 1. The number of amides is 2. The second-order valence-electron chi connectivity index (χ2n) is 5.65. The molecule has 0 N–H and O–H groups in total. The van der Waals surface area contributed by atoms with Crippen molar-refractivity contribution in [2.75, 3.05) is 13.2 Å². The molecule has 0 radical (unpaired) electrons. The number of nitrogens with zero attached hydrogens (tertiary/aromatic N) is 3. The summed E-state index contributed by atoms with van der Waals surface area (Å²) in [7, 11) is 0. The quantitative estimate of drug-likeness (QED) is 0.316. The molecular weight excluding hydrogens is 386 g/mol. The van der Waals surface area contributed by atoms with Gasteiger partial charge in [-0.2, -0.15) is 0 Å². The molecule has 1 aromatic carbocycles. The third-order valence-electron chi connectivity index (χ3n) is 3.84. The predicted molar refractivity (Wildman–Crippen MR) is 102 cm³/mol. The topological polar surface area (TPSA) is 112 Å². The first-order valence-corrected chi connectivity index (χ1v) is 9.05. The Labute approximate surface area is 163 Å². The van der Waals surface area contributed by atoms with E-state index < -0.39 is 28.6 Å². The zero-order chi connectivity index (χ0) is 20.3. The Morgan fingerprint density at radius 3 is 2.79 bits per heavy atom. The van der Waals surface area contributed by atoms with Crippen LogP contribution in [-0.4, -0.2) is 44.7 Å². The molecule has 10 heteroatoms. The normalized spacial score (nSPS) is 15.3. The number of thioether (sulfide) groups is 1. The van der Waals surface area contributed by atoms with Crippen molar-refractivity contribution in [3.8, 4) is 5.69 Å². The van der Waals surface area contributed by atoms with Crippen LogP contribution in [0.5, 0.6) is 0 Å². The number of nitro groups is 1. The van der Waals surface area contributed by atoms with Crippen LogP contribution in [0.2, 0.25) is 0 Å². The number of carbonyl (C=O) groups excluding carboxylic acids is 3. The van der Waals surface area contributed by atoms with E-state index in [4.69, 9.17) is 4.74 Å². The lowest BCUT2D eigenvalue weighted by Gasteiger charge is -2.11. The van der Waals surface area contributed by atoms with Crippen LogP contribution in [-0.2, 0) is 14.3 Å². The van der Waals surface area contributed by atoms with Crippen molar-refractivity contribution >= 4 is 40.6 Å². The molecule has 0 aliphatic carbocycles. The van der Waals surface area contributed by atoms with Gasteiger partial charge in [-0.05, 0) is 43.0 Å². The highest BCUT2D eigenvalue weighted by molar-refractivity contribution is 8.18. The average Bonchev–Trinajstić information content (AvgIpc) is 3.22. The van der Waals surface area contributed by atoms with Crippen LogP contribution in [0.25, 0.3) is 11.8 Å². The lowest BCUT2D eigenvalue weighted by molar-refractivity contribution is -0.384. The number of ether oxygens (including phenoxy) is 1. The predicted octanol–water partition coefficient (Wildman–Crippen LogP) is 2.98. The molecule has 3 rings (SSSR count).